The molecule has 0 bridgehead atoms. The molecule has 1 saturated carbocycles. The van der Waals surface area contributed by atoms with E-state index in [1.807, 2.05) is 0 Å². The summed E-state index contributed by atoms with van der Waals surface area (Å²) in [7, 11) is -3.74. The van der Waals surface area contributed by atoms with Crippen LogP contribution in [0.3, 0.4) is 0 Å². The summed E-state index contributed by atoms with van der Waals surface area (Å²) in [4.78, 5) is 2.51. The van der Waals surface area contributed by atoms with Gasteiger partial charge in [-0.25, -0.2) is 8.42 Å². The van der Waals surface area contributed by atoms with E-state index in [-0.39, 0.29) is 17.2 Å². The van der Waals surface area contributed by atoms with Gasteiger partial charge in [-0.15, -0.1) is 0 Å². The zero-order valence-electron chi connectivity index (χ0n) is 16.6. The van der Waals surface area contributed by atoms with Gasteiger partial charge < -0.3 is 14.2 Å². The first-order valence-corrected chi connectivity index (χ1v) is 11.7. The highest BCUT2D eigenvalue weighted by molar-refractivity contribution is 7.89. The van der Waals surface area contributed by atoms with Crippen LogP contribution in [0.25, 0.3) is 0 Å². The van der Waals surface area contributed by atoms with Crippen molar-refractivity contribution in [1.29, 1.82) is 0 Å². The Hall–Kier alpha value is -1.33. The maximum absolute atomic E-state index is 13.1. The van der Waals surface area contributed by atoms with Gasteiger partial charge in [0.2, 0.25) is 10.0 Å². The SMILES string of the molecule is O=S(=O)(c1ccc(OC(F)F)cc1)N1CCO[C@]2(CCN(C3CC4(COC4)C3)C2)C1. The van der Waals surface area contributed by atoms with Crippen LogP contribution < -0.4 is 4.74 Å². The number of nitrogens with zero attached hydrogens (tertiary/aromatic N) is 2. The third-order valence-corrected chi connectivity index (χ3v) is 8.78. The van der Waals surface area contributed by atoms with Gasteiger partial charge in [0.25, 0.3) is 0 Å². The molecule has 5 rings (SSSR count). The number of benzene rings is 1. The number of halogens is 2. The van der Waals surface area contributed by atoms with Crippen LogP contribution in [0.2, 0.25) is 0 Å². The third-order valence-electron chi connectivity index (χ3n) is 6.92. The predicted molar refractivity (Wildman–Crippen MR) is 103 cm³/mol. The molecule has 1 aliphatic carbocycles. The van der Waals surface area contributed by atoms with E-state index in [0.717, 1.165) is 45.6 Å². The molecule has 1 aromatic carbocycles. The number of hydrogen-bond donors (Lipinski definition) is 0. The quantitative estimate of drug-likeness (QED) is 0.692. The number of alkyl halides is 2. The van der Waals surface area contributed by atoms with E-state index in [4.69, 9.17) is 9.47 Å². The van der Waals surface area contributed by atoms with Crippen LogP contribution in [-0.4, -0.2) is 81.9 Å². The molecule has 0 unspecified atom stereocenters. The molecule has 0 N–H and O–H groups in total. The second-order valence-corrected chi connectivity index (χ2v) is 10.9. The molecular formula is C20H26F2N2O5S. The van der Waals surface area contributed by atoms with Gasteiger partial charge in [-0.2, -0.15) is 13.1 Å². The summed E-state index contributed by atoms with van der Waals surface area (Å²) in [6.07, 6.45) is 3.11. The van der Waals surface area contributed by atoms with Gasteiger partial charge in [0, 0.05) is 37.6 Å². The molecule has 3 heterocycles. The second-order valence-electron chi connectivity index (χ2n) is 9.00. The lowest BCUT2D eigenvalue weighted by atomic mass is 9.63. The number of rotatable bonds is 5. The minimum atomic E-state index is -3.74. The Morgan fingerprint density at radius 2 is 1.83 bits per heavy atom. The van der Waals surface area contributed by atoms with Crippen molar-refractivity contribution < 1.29 is 31.4 Å². The van der Waals surface area contributed by atoms with Crippen LogP contribution >= 0.6 is 0 Å². The summed E-state index contributed by atoms with van der Waals surface area (Å²) in [5.41, 5.74) is -0.0909. The summed E-state index contributed by atoms with van der Waals surface area (Å²) in [6, 6.07) is 5.66. The molecule has 10 heteroatoms. The molecule has 1 atom stereocenters. The second kappa shape index (κ2) is 7.37. The highest BCUT2D eigenvalue weighted by Gasteiger charge is 2.55. The first kappa shape index (κ1) is 20.6. The van der Waals surface area contributed by atoms with Crippen LogP contribution in [0, 0.1) is 5.41 Å². The van der Waals surface area contributed by atoms with E-state index in [1.54, 1.807) is 0 Å². The average Bonchev–Trinajstić information content (AvgIpc) is 3.02. The predicted octanol–water partition coefficient (Wildman–Crippen LogP) is 1.93. The Morgan fingerprint density at radius 1 is 1.10 bits per heavy atom. The van der Waals surface area contributed by atoms with Crippen molar-refractivity contribution in [2.24, 2.45) is 5.41 Å². The number of likely N-dealkylation sites (tertiary alicyclic amines) is 1. The zero-order chi connectivity index (χ0) is 21.0. The fourth-order valence-corrected chi connectivity index (χ4v) is 6.71. The van der Waals surface area contributed by atoms with Crippen LogP contribution in [0.1, 0.15) is 19.3 Å². The normalized spacial score (nSPS) is 30.0. The van der Waals surface area contributed by atoms with Gasteiger partial charge in [-0.1, -0.05) is 0 Å². The number of morpholine rings is 1. The summed E-state index contributed by atoms with van der Waals surface area (Å²) in [6.45, 7) is 1.38. The molecule has 7 nitrogen and oxygen atoms in total. The lowest BCUT2D eigenvalue weighted by molar-refractivity contribution is -0.185. The molecule has 1 aromatic rings. The Morgan fingerprint density at radius 3 is 2.47 bits per heavy atom. The fraction of sp³-hybridized carbons (Fsp3) is 0.700. The lowest BCUT2D eigenvalue weighted by Crippen LogP contribution is -2.60. The largest absolute Gasteiger partial charge is 0.435 e. The average molecular weight is 445 g/mol. The van der Waals surface area contributed by atoms with E-state index in [1.165, 1.54) is 28.6 Å². The van der Waals surface area contributed by atoms with E-state index in [2.05, 4.69) is 9.64 Å². The van der Waals surface area contributed by atoms with E-state index in [9.17, 15) is 17.2 Å². The van der Waals surface area contributed by atoms with Gasteiger partial charge in [0.1, 0.15) is 5.75 Å². The molecule has 0 aromatic heterocycles. The fourth-order valence-electron chi connectivity index (χ4n) is 5.22. The number of ether oxygens (including phenoxy) is 3. The first-order chi connectivity index (χ1) is 14.3. The van der Waals surface area contributed by atoms with Crippen molar-refractivity contribution >= 4 is 10.0 Å². The van der Waals surface area contributed by atoms with Crippen molar-refractivity contribution in [3.8, 4) is 5.75 Å². The van der Waals surface area contributed by atoms with E-state index >= 15 is 0 Å². The minimum Gasteiger partial charge on any atom is -0.435 e. The van der Waals surface area contributed by atoms with Crippen molar-refractivity contribution in [2.75, 3.05) is 46.0 Å². The summed E-state index contributed by atoms with van der Waals surface area (Å²) >= 11 is 0. The summed E-state index contributed by atoms with van der Waals surface area (Å²) in [5, 5.41) is 0. The van der Waals surface area contributed by atoms with Gasteiger partial charge in [-0.3, -0.25) is 4.90 Å². The minimum absolute atomic E-state index is 0.0658. The van der Waals surface area contributed by atoms with Crippen LogP contribution in [0.4, 0.5) is 8.78 Å². The monoisotopic (exact) mass is 444 g/mol. The van der Waals surface area contributed by atoms with Crippen molar-refractivity contribution in [3.63, 3.8) is 0 Å². The standard InChI is InChI=1S/C20H26F2N2O5S/c21-18(22)29-16-1-3-17(4-2-16)30(25,26)24-7-8-28-20(12-24)5-6-23(11-20)15-9-19(10-15)13-27-14-19/h1-4,15,18H,5-14H2/t20-/m0/s1. The van der Waals surface area contributed by atoms with Gasteiger partial charge in [0.15, 0.2) is 0 Å². The van der Waals surface area contributed by atoms with Gasteiger partial charge in [-0.05, 0) is 43.5 Å². The Kier molecular flexibility index (Phi) is 5.05. The third kappa shape index (κ3) is 3.62. The van der Waals surface area contributed by atoms with Crippen molar-refractivity contribution in [2.45, 2.75) is 42.4 Å². The molecule has 3 aliphatic heterocycles. The molecular weight excluding hydrogens is 418 g/mol. The van der Waals surface area contributed by atoms with E-state index in [0.29, 0.717) is 24.6 Å². The molecule has 3 saturated heterocycles. The van der Waals surface area contributed by atoms with Crippen LogP contribution in [0.15, 0.2) is 29.2 Å². The Bertz CT molecular complexity index is 885. The van der Waals surface area contributed by atoms with Crippen LogP contribution in [-0.2, 0) is 19.5 Å². The molecule has 2 spiro atoms. The zero-order valence-corrected chi connectivity index (χ0v) is 17.5. The van der Waals surface area contributed by atoms with Gasteiger partial charge >= 0.3 is 6.61 Å². The molecule has 0 amide bonds. The highest BCUT2D eigenvalue weighted by atomic mass is 32.2. The topological polar surface area (TPSA) is 68.3 Å². The Balaban J connectivity index is 1.24. The first-order valence-electron chi connectivity index (χ1n) is 10.3. The molecule has 4 fully saturated rings. The number of hydrogen-bond acceptors (Lipinski definition) is 6. The lowest BCUT2D eigenvalue weighted by Gasteiger charge is -2.56. The summed E-state index contributed by atoms with van der Waals surface area (Å²) < 4.78 is 68.2. The van der Waals surface area contributed by atoms with Crippen molar-refractivity contribution in [3.05, 3.63) is 24.3 Å². The Labute approximate surface area is 174 Å². The summed E-state index contributed by atoms with van der Waals surface area (Å²) in [5.74, 6) is -0.0658. The van der Waals surface area contributed by atoms with Gasteiger partial charge in [0.05, 0.1) is 30.3 Å². The maximum atomic E-state index is 13.1. The molecule has 4 aliphatic rings. The smallest absolute Gasteiger partial charge is 0.387 e. The van der Waals surface area contributed by atoms with Crippen molar-refractivity contribution in [1.82, 2.24) is 9.21 Å². The molecule has 0 radical (unpaired) electrons. The number of sulfonamides is 1. The molecule has 166 valence electrons. The molecule has 30 heavy (non-hydrogen) atoms. The highest BCUT2D eigenvalue weighted by Crippen LogP contribution is 2.50. The van der Waals surface area contributed by atoms with Crippen LogP contribution in [0.5, 0.6) is 5.75 Å². The van der Waals surface area contributed by atoms with E-state index < -0.39 is 22.2 Å². The maximum Gasteiger partial charge on any atom is 0.387 e.